The molecule has 0 saturated heterocycles. The van der Waals surface area contributed by atoms with E-state index < -0.39 is 0 Å². The van der Waals surface area contributed by atoms with E-state index >= 15 is 0 Å². The van der Waals surface area contributed by atoms with Crippen LogP contribution in [0.15, 0.2) is 30.3 Å². The van der Waals surface area contributed by atoms with Crippen molar-refractivity contribution in [1.29, 1.82) is 0 Å². The molecule has 1 aromatic carbocycles. The number of aliphatic hydroxyl groups excluding tert-OH is 1. The summed E-state index contributed by atoms with van der Waals surface area (Å²) < 4.78 is 1.74. The number of anilines is 1. The molecule has 0 radical (unpaired) electrons. The van der Waals surface area contributed by atoms with Crippen molar-refractivity contribution >= 4 is 11.8 Å². The molecule has 0 unspecified atom stereocenters. The monoisotopic (exact) mass is 316 g/mol. The summed E-state index contributed by atoms with van der Waals surface area (Å²) >= 11 is 0. The third-order valence-corrected chi connectivity index (χ3v) is 3.46. The van der Waals surface area contributed by atoms with Crippen molar-refractivity contribution < 1.29 is 9.90 Å². The molecule has 2 amide bonds. The standard InChI is InChI=1S/C17H24N4O2/c1-12-14(17(2,3)4)20-21(13-8-6-5-7-9-13)15(12)19-16(23)18-10-11-22/h5-9,22H,10-11H2,1-4H3,(H2,18,19,23). The normalized spacial score (nSPS) is 11.3. The summed E-state index contributed by atoms with van der Waals surface area (Å²) in [4.78, 5) is 12.0. The van der Waals surface area contributed by atoms with Gasteiger partial charge in [0.15, 0.2) is 0 Å². The third kappa shape index (κ3) is 3.90. The molecule has 2 rings (SSSR count). The first-order valence-electron chi connectivity index (χ1n) is 7.66. The summed E-state index contributed by atoms with van der Waals surface area (Å²) in [6.45, 7) is 8.33. The number of carbonyl (C=O) groups excluding carboxylic acids is 1. The molecule has 0 atom stereocenters. The van der Waals surface area contributed by atoms with Gasteiger partial charge in [-0.3, -0.25) is 5.32 Å². The molecule has 2 aromatic rings. The Morgan fingerprint density at radius 3 is 2.48 bits per heavy atom. The molecule has 23 heavy (non-hydrogen) atoms. The highest BCUT2D eigenvalue weighted by molar-refractivity contribution is 5.89. The van der Waals surface area contributed by atoms with E-state index in [1.807, 2.05) is 37.3 Å². The number of aliphatic hydroxyl groups is 1. The largest absolute Gasteiger partial charge is 0.395 e. The van der Waals surface area contributed by atoms with Crippen LogP contribution in [0.4, 0.5) is 10.6 Å². The number of benzene rings is 1. The SMILES string of the molecule is Cc1c(C(C)(C)C)nn(-c2ccccc2)c1NC(=O)NCCO. The zero-order chi connectivity index (χ0) is 17.0. The van der Waals surface area contributed by atoms with Gasteiger partial charge in [0.05, 0.1) is 18.0 Å². The highest BCUT2D eigenvalue weighted by Crippen LogP contribution is 2.31. The van der Waals surface area contributed by atoms with Crippen molar-refractivity contribution in [3.05, 3.63) is 41.6 Å². The second-order valence-corrected chi connectivity index (χ2v) is 6.42. The van der Waals surface area contributed by atoms with Crippen LogP contribution in [0.2, 0.25) is 0 Å². The number of hydrogen-bond donors (Lipinski definition) is 3. The Morgan fingerprint density at radius 1 is 1.26 bits per heavy atom. The molecular formula is C17H24N4O2. The fourth-order valence-electron chi connectivity index (χ4n) is 2.43. The lowest BCUT2D eigenvalue weighted by Crippen LogP contribution is -2.32. The number of carbonyl (C=O) groups is 1. The summed E-state index contributed by atoms with van der Waals surface area (Å²) in [5.74, 6) is 0.636. The molecule has 0 fully saturated rings. The van der Waals surface area contributed by atoms with Crippen LogP contribution in [0, 0.1) is 6.92 Å². The number of hydrogen-bond acceptors (Lipinski definition) is 3. The highest BCUT2D eigenvalue weighted by atomic mass is 16.3. The van der Waals surface area contributed by atoms with Gasteiger partial charge in [-0.1, -0.05) is 39.0 Å². The first-order chi connectivity index (χ1) is 10.8. The molecule has 0 aliphatic rings. The Hall–Kier alpha value is -2.34. The molecule has 124 valence electrons. The lowest BCUT2D eigenvalue weighted by Gasteiger charge is -2.16. The Labute approximate surface area is 136 Å². The number of amides is 2. The summed E-state index contributed by atoms with van der Waals surface area (Å²) in [6.07, 6.45) is 0. The van der Waals surface area contributed by atoms with Gasteiger partial charge in [-0.15, -0.1) is 0 Å². The molecule has 6 heteroatoms. The molecular weight excluding hydrogens is 292 g/mol. The van der Waals surface area contributed by atoms with Crippen LogP contribution in [0.5, 0.6) is 0 Å². The van der Waals surface area contributed by atoms with E-state index in [0.29, 0.717) is 5.82 Å². The van der Waals surface area contributed by atoms with Crippen molar-refractivity contribution in [2.45, 2.75) is 33.1 Å². The van der Waals surface area contributed by atoms with Crippen molar-refractivity contribution in [1.82, 2.24) is 15.1 Å². The van der Waals surface area contributed by atoms with Gasteiger partial charge < -0.3 is 10.4 Å². The Kier molecular flexibility index (Phi) is 5.05. The van der Waals surface area contributed by atoms with Crippen molar-refractivity contribution in [3.63, 3.8) is 0 Å². The van der Waals surface area contributed by atoms with Crippen LogP contribution in [0.3, 0.4) is 0 Å². The van der Waals surface area contributed by atoms with Gasteiger partial charge in [0.2, 0.25) is 0 Å². The average molecular weight is 316 g/mol. The summed E-state index contributed by atoms with van der Waals surface area (Å²) in [5.41, 5.74) is 2.60. The van der Waals surface area contributed by atoms with Gasteiger partial charge in [-0.25, -0.2) is 9.48 Å². The number of aromatic nitrogens is 2. The summed E-state index contributed by atoms with van der Waals surface area (Å²) in [6, 6.07) is 9.31. The minimum atomic E-state index is -0.361. The number of rotatable bonds is 4. The Balaban J connectivity index is 2.46. The minimum absolute atomic E-state index is 0.0996. The zero-order valence-electron chi connectivity index (χ0n) is 14.1. The van der Waals surface area contributed by atoms with E-state index in [2.05, 4.69) is 31.4 Å². The predicted octanol–water partition coefficient (Wildman–Crippen LogP) is 2.59. The van der Waals surface area contributed by atoms with Crippen LogP contribution in [0.1, 0.15) is 32.0 Å². The molecule has 1 heterocycles. The fourth-order valence-corrected chi connectivity index (χ4v) is 2.43. The smallest absolute Gasteiger partial charge is 0.320 e. The molecule has 0 spiro atoms. The van der Waals surface area contributed by atoms with Gasteiger partial charge in [0.1, 0.15) is 5.82 Å². The zero-order valence-corrected chi connectivity index (χ0v) is 14.1. The molecule has 1 aromatic heterocycles. The average Bonchev–Trinajstić information content (AvgIpc) is 2.83. The number of nitrogens with zero attached hydrogens (tertiary/aromatic N) is 2. The Morgan fingerprint density at radius 2 is 1.91 bits per heavy atom. The van der Waals surface area contributed by atoms with Gasteiger partial charge >= 0.3 is 6.03 Å². The molecule has 0 aliphatic carbocycles. The molecule has 0 aliphatic heterocycles. The van der Waals surface area contributed by atoms with Crippen LogP contribution < -0.4 is 10.6 Å². The second kappa shape index (κ2) is 6.83. The quantitative estimate of drug-likeness (QED) is 0.811. The highest BCUT2D eigenvalue weighted by Gasteiger charge is 2.25. The lowest BCUT2D eigenvalue weighted by atomic mass is 9.90. The van der Waals surface area contributed by atoms with Crippen molar-refractivity contribution in [2.24, 2.45) is 0 Å². The minimum Gasteiger partial charge on any atom is -0.395 e. The lowest BCUT2D eigenvalue weighted by molar-refractivity contribution is 0.244. The first kappa shape index (κ1) is 17.0. The van der Waals surface area contributed by atoms with Gasteiger partial charge in [-0.05, 0) is 19.1 Å². The van der Waals surface area contributed by atoms with E-state index in [9.17, 15) is 4.79 Å². The Bertz CT molecular complexity index is 672. The third-order valence-electron chi connectivity index (χ3n) is 3.46. The van der Waals surface area contributed by atoms with E-state index in [1.54, 1.807) is 4.68 Å². The van der Waals surface area contributed by atoms with E-state index in [0.717, 1.165) is 16.9 Å². The van der Waals surface area contributed by atoms with Crippen molar-refractivity contribution in [2.75, 3.05) is 18.5 Å². The van der Waals surface area contributed by atoms with Gasteiger partial charge in [-0.2, -0.15) is 5.10 Å². The number of urea groups is 1. The topological polar surface area (TPSA) is 79.2 Å². The van der Waals surface area contributed by atoms with E-state index in [-0.39, 0.29) is 24.6 Å². The van der Waals surface area contributed by atoms with Crippen LogP contribution in [-0.4, -0.2) is 34.1 Å². The maximum absolute atomic E-state index is 12.0. The second-order valence-electron chi connectivity index (χ2n) is 6.42. The number of para-hydroxylation sites is 1. The van der Waals surface area contributed by atoms with Crippen LogP contribution >= 0.6 is 0 Å². The molecule has 0 saturated carbocycles. The maximum Gasteiger partial charge on any atom is 0.320 e. The molecule has 6 nitrogen and oxygen atoms in total. The summed E-state index contributed by atoms with van der Waals surface area (Å²) in [7, 11) is 0. The van der Waals surface area contributed by atoms with Crippen LogP contribution in [0.25, 0.3) is 5.69 Å². The maximum atomic E-state index is 12.0. The molecule has 3 N–H and O–H groups in total. The number of nitrogens with one attached hydrogen (secondary N) is 2. The fraction of sp³-hybridized carbons (Fsp3) is 0.412. The van der Waals surface area contributed by atoms with E-state index in [1.165, 1.54) is 0 Å². The molecule has 0 bridgehead atoms. The first-order valence-corrected chi connectivity index (χ1v) is 7.66. The van der Waals surface area contributed by atoms with E-state index in [4.69, 9.17) is 10.2 Å². The van der Waals surface area contributed by atoms with Crippen LogP contribution in [-0.2, 0) is 5.41 Å². The van der Waals surface area contributed by atoms with Crippen molar-refractivity contribution in [3.8, 4) is 5.69 Å². The van der Waals surface area contributed by atoms with Gasteiger partial charge in [0, 0.05) is 17.5 Å². The summed E-state index contributed by atoms with van der Waals surface area (Å²) in [5, 5.41) is 19.0. The van der Waals surface area contributed by atoms with Gasteiger partial charge in [0.25, 0.3) is 0 Å². The predicted molar refractivity (Wildman–Crippen MR) is 91.1 cm³/mol.